The van der Waals surface area contributed by atoms with Gasteiger partial charge in [-0.15, -0.1) is 0 Å². The second kappa shape index (κ2) is 5.84. The van der Waals surface area contributed by atoms with Crippen LogP contribution in [0.15, 0.2) is 29.1 Å². The van der Waals surface area contributed by atoms with E-state index in [9.17, 15) is 0 Å². The van der Waals surface area contributed by atoms with Gasteiger partial charge in [0, 0.05) is 31.3 Å². The number of nitrogens with one attached hydrogen (secondary N) is 1. The minimum Gasteiger partial charge on any atom is -0.469 e. The summed E-state index contributed by atoms with van der Waals surface area (Å²) in [7, 11) is 1.92. The number of hydrazine groups is 1. The van der Waals surface area contributed by atoms with Crippen molar-refractivity contribution < 1.29 is 4.42 Å². The molecule has 2 rings (SSSR count). The predicted octanol–water partition coefficient (Wildman–Crippen LogP) is 1.71. The fraction of sp³-hybridized carbons (Fsp3) is 0.462. The van der Waals surface area contributed by atoms with Crippen LogP contribution in [0, 0.1) is 0 Å². The Balaban J connectivity index is 2.01. The third kappa shape index (κ3) is 2.80. The fourth-order valence-electron chi connectivity index (χ4n) is 2.19. The lowest BCUT2D eigenvalue weighted by Gasteiger charge is -2.15. The molecular weight excluding hydrogens is 228 g/mol. The first-order valence-corrected chi connectivity index (χ1v) is 6.24. The summed E-state index contributed by atoms with van der Waals surface area (Å²) in [4.78, 5) is 0. The molecule has 0 saturated carbocycles. The van der Waals surface area contributed by atoms with Crippen LogP contribution in [0.4, 0.5) is 0 Å². The monoisotopic (exact) mass is 248 g/mol. The van der Waals surface area contributed by atoms with Gasteiger partial charge in [0.15, 0.2) is 0 Å². The van der Waals surface area contributed by atoms with Crippen LogP contribution in [-0.2, 0) is 19.9 Å². The van der Waals surface area contributed by atoms with Gasteiger partial charge in [-0.1, -0.05) is 6.92 Å². The standard InChI is InChI=1S/C13H20N4O/c1-3-13-11(6-7-18-13)12(16-14)5-4-10-8-15-17(2)9-10/h6-9,12,16H,3-5,14H2,1-2H3. The molecule has 0 spiro atoms. The number of aromatic nitrogens is 2. The third-order valence-electron chi connectivity index (χ3n) is 3.16. The lowest BCUT2D eigenvalue weighted by Crippen LogP contribution is -2.28. The summed E-state index contributed by atoms with van der Waals surface area (Å²) < 4.78 is 7.26. The van der Waals surface area contributed by atoms with Crippen molar-refractivity contribution in [2.75, 3.05) is 0 Å². The third-order valence-corrected chi connectivity index (χ3v) is 3.16. The topological polar surface area (TPSA) is 69.0 Å². The summed E-state index contributed by atoms with van der Waals surface area (Å²) in [5.74, 6) is 6.65. The Bertz CT molecular complexity index is 489. The molecule has 0 amide bonds. The molecule has 98 valence electrons. The number of hydrogen-bond donors (Lipinski definition) is 2. The van der Waals surface area contributed by atoms with Crippen molar-refractivity contribution >= 4 is 0 Å². The molecule has 0 radical (unpaired) electrons. The normalized spacial score (nSPS) is 12.8. The Hall–Kier alpha value is -1.59. The SMILES string of the molecule is CCc1occc1C(CCc1cnn(C)c1)NN. The summed E-state index contributed by atoms with van der Waals surface area (Å²) >= 11 is 0. The van der Waals surface area contributed by atoms with E-state index in [1.165, 1.54) is 5.56 Å². The van der Waals surface area contributed by atoms with E-state index in [2.05, 4.69) is 17.4 Å². The van der Waals surface area contributed by atoms with Gasteiger partial charge in [-0.25, -0.2) is 0 Å². The van der Waals surface area contributed by atoms with Crippen LogP contribution in [0.3, 0.4) is 0 Å². The molecule has 2 aromatic heterocycles. The number of hydrogen-bond acceptors (Lipinski definition) is 4. The van der Waals surface area contributed by atoms with Crippen molar-refractivity contribution in [1.29, 1.82) is 0 Å². The Morgan fingerprint density at radius 1 is 1.56 bits per heavy atom. The number of nitrogens with two attached hydrogens (primary N) is 1. The van der Waals surface area contributed by atoms with Crippen molar-refractivity contribution in [2.24, 2.45) is 12.9 Å². The highest BCUT2D eigenvalue weighted by atomic mass is 16.3. The maximum atomic E-state index is 5.64. The highest BCUT2D eigenvalue weighted by molar-refractivity contribution is 5.21. The van der Waals surface area contributed by atoms with Crippen molar-refractivity contribution in [3.05, 3.63) is 41.6 Å². The van der Waals surface area contributed by atoms with Crippen molar-refractivity contribution in [2.45, 2.75) is 32.2 Å². The van der Waals surface area contributed by atoms with Crippen molar-refractivity contribution in [3.63, 3.8) is 0 Å². The van der Waals surface area contributed by atoms with Gasteiger partial charge in [-0.05, 0) is 24.5 Å². The molecule has 0 fully saturated rings. The highest BCUT2D eigenvalue weighted by Crippen LogP contribution is 2.23. The number of furan rings is 1. The van der Waals surface area contributed by atoms with Gasteiger partial charge >= 0.3 is 0 Å². The zero-order chi connectivity index (χ0) is 13.0. The molecule has 0 aliphatic carbocycles. The summed E-state index contributed by atoms with van der Waals surface area (Å²) in [5, 5.41) is 4.16. The van der Waals surface area contributed by atoms with Crippen LogP contribution in [0.2, 0.25) is 0 Å². The maximum absolute atomic E-state index is 5.64. The first-order chi connectivity index (χ1) is 8.74. The molecule has 0 aliphatic rings. The van der Waals surface area contributed by atoms with Gasteiger partial charge in [-0.2, -0.15) is 5.10 Å². The van der Waals surface area contributed by atoms with Crippen molar-refractivity contribution in [1.82, 2.24) is 15.2 Å². The lowest BCUT2D eigenvalue weighted by atomic mass is 10.0. The summed E-state index contributed by atoms with van der Waals surface area (Å²) in [6.07, 6.45) is 8.40. The molecule has 1 atom stereocenters. The quantitative estimate of drug-likeness (QED) is 0.603. The molecule has 5 nitrogen and oxygen atoms in total. The van der Waals surface area contributed by atoms with Crippen LogP contribution in [-0.4, -0.2) is 9.78 Å². The van der Waals surface area contributed by atoms with Crippen LogP contribution in [0.1, 0.15) is 36.3 Å². The van der Waals surface area contributed by atoms with Crippen LogP contribution in [0.5, 0.6) is 0 Å². The van der Waals surface area contributed by atoms with Crippen LogP contribution >= 0.6 is 0 Å². The first kappa shape index (κ1) is 12.9. The maximum Gasteiger partial charge on any atom is 0.108 e. The molecule has 1 unspecified atom stereocenters. The predicted molar refractivity (Wildman–Crippen MR) is 69.7 cm³/mol. The summed E-state index contributed by atoms with van der Waals surface area (Å²) in [6.45, 7) is 2.08. The average molecular weight is 248 g/mol. The van der Waals surface area contributed by atoms with Gasteiger partial charge in [0.2, 0.25) is 0 Å². The van der Waals surface area contributed by atoms with E-state index in [-0.39, 0.29) is 6.04 Å². The van der Waals surface area contributed by atoms with Crippen LogP contribution in [0.25, 0.3) is 0 Å². The van der Waals surface area contributed by atoms with Gasteiger partial charge < -0.3 is 4.42 Å². The lowest BCUT2D eigenvalue weighted by molar-refractivity contribution is 0.474. The first-order valence-electron chi connectivity index (χ1n) is 6.24. The second-order valence-corrected chi connectivity index (χ2v) is 4.43. The molecule has 3 N–H and O–H groups in total. The Morgan fingerprint density at radius 3 is 3.00 bits per heavy atom. The number of nitrogens with zero attached hydrogens (tertiary/aromatic N) is 2. The van der Waals surface area contributed by atoms with Crippen LogP contribution < -0.4 is 11.3 Å². The molecular formula is C13H20N4O. The molecule has 2 heterocycles. The number of rotatable bonds is 6. The molecule has 0 aliphatic heterocycles. The van der Waals surface area contributed by atoms with E-state index in [4.69, 9.17) is 10.3 Å². The summed E-state index contributed by atoms with van der Waals surface area (Å²) in [6, 6.07) is 2.12. The van der Waals surface area contributed by atoms with Gasteiger partial charge in [0.25, 0.3) is 0 Å². The van der Waals surface area contributed by atoms with Gasteiger partial charge in [0.1, 0.15) is 5.76 Å². The fourth-order valence-corrected chi connectivity index (χ4v) is 2.19. The Labute approximate surface area is 107 Å². The molecule has 0 aromatic carbocycles. The average Bonchev–Trinajstić information content (AvgIpc) is 2.99. The smallest absolute Gasteiger partial charge is 0.108 e. The van der Waals surface area contributed by atoms with E-state index in [1.807, 2.05) is 30.2 Å². The molecule has 18 heavy (non-hydrogen) atoms. The van der Waals surface area contributed by atoms with E-state index >= 15 is 0 Å². The van der Waals surface area contributed by atoms with Gasteiger partial charge in [-0.3, -0.25) is 16.0 Å². The summed E-state index contributed by atoms with van der Waals surface area (Å²) in [5.41, 5.74) is 5.25. The zero-order valence-corrected chi connectivity index (χ0v) is 10.9. The Morgan fingerprint density at radius 2 is 2.39 bits per heavy atom. The van der Waals surface area contributed by atoms with E-state index in [1.54, 1.807) is 6.26 Å². The minimum atomic E-state index is 0.124. The molecule has 5 heteroatoms. The largest absolute Gasteiger partial charge is 0.469 e. The van der Waals surface area contributed by atoms with E-state index < -0.39 is 0 Å². The molecule has 2 aromatic rings. The molecule has 0 bridgehead atoms. The number of aryl methyl sites for hydroxylation is 3. The van der Waals surface area contributed by atoms with Crippen molar-refractivity contribution in [3.8, 4) is 0 Å². The van der Waals surface area contributed by atoms with E-state index in [0.29, 0.717) is 0 Å². The van der Waals surface area contributed by atoms with Gasteiger partial charge in [0.05, 0.1) is 12.5 Å². The highest BCUT2D eigenvalue weighted by Gasteiger charge is 2.15. The zero-order valence-electron chi connectivity index (χ0n) is 10.9. The van der Waals surface area contributed by atoms with E-state index in [0.717, 1.165) is 30.6 Å². The minimum absolute atomic E-state index is 0.124. The second-order valence-electron chi connectivity index (χ2n) is 4.43. The molecule has 0 saturated heterocycles. The Kier molecular flexibility index (Phi) is 4.17.